The molecule has 1 fully saturated rings. The number of aliphatic hydroxyl groups is 1. The van der Waals surface area contributed by atoms with Crippen molar-refractivity contribution in [1.82, 2.24) is 0 Å². The standard InChI is InChI=1S/C11H22O3/c1-3-4-5-6-10-13-8-11(2,7-12)9-14-10/h10,12H,3-9H2,1-2H3. The van der Waals surface area contributed by atoms with Crippen LogP contribution in [0.3, 0.4) is 0 Å². The summed E-state index contributed by atoms with van der Waals surface area (Å²) in [5.74, 6) is 0. The molecule has 1 rings (SSSR count). The largest absolute Gasteiger partial charge is 0.396 e. The lowest BCUT2D eigenvalue weighted by molar-refractivity contribution is -0.234. The van der Waals surface area contributed by atoms with E-state index in [1.807, 2.05) is 6.92 Å². The maximum absolute atomic E-state index is 9.09. The molecule has 0 aliphatic carbocycles. The van der Waals surface area contributed by atoms with Crippen LogP contribution in [0.4, 0.5) is 0 Å². The number of unbranched alkanes of at least 4 members (excludes halogenated alkanes) is 2. The molecule has 1 aliphatic rings. The lowest BCUT2D eigenvalue weighted by Gasteiger charge is -2.36. The van der Waals surface area contributed by atoms with Crippen LogP contribution in [-0.2, 0) is 9.47 Å². The molecule has 0 spiro atoms. The van der Waals surface area contributed by atoms with Crippen LogP contribution < -0.4 is 0 Å². The first kappa shape index (κ1) is 12.0. The Hall–Kier alpha value is -0.120. The Morgan fingerprint density at radius 3 is 2.43 bits per heavy atom. The van der Waals surface area contributed by atoms with Crippen molar-refractivity contribution in [3.63, 3.8) is 0 Å². The maximum Gasteiger partial charge on any atom is 0.157 e. The highest BCUT2D eigenvalue weighted by molar-refractivity contribution is 4.75. The smallest absolute Gasteiger partial charge is 0.157 e. The van der Waals surface area contributed by atoms with Crippen molar-refractivity contribution in [2.24, 2.45) is 5.41 Å². The first-order valence-corrected chi connectivity index (χ1v) is 5.54. The Morgan fingerprint density at radius 2 is 1.93 bits per heavy atom. The Balaban J connectivity index is 2.15. The Morgan fingerprint density at radius 1 is 1.29 bits per heavy atom. The predicted octanol–water partition coefficient (Wildman–Crippen LogP) is 1.94. The monoisotopic (exact) mass is 202 g/mol. The summed E-state index contributed by atoms with van der Waals surface area (Å²) in [7, 11) is 0. The van der Waals surface area contributed by atoms with Gasteiger partial charge in [-0.3, -0.25) is 0 Å². The molecule has 1 N–H and O–H groups in total. The molecule has 1 aliphatic heterocycles. The second-order valence-electron chi connectivity index (χ2n) is 4.52. The van der Waals surface area contributed by atoms with Crippen LogP contribution in [0.15, 0.2) is 0 Å². The van der Waals surface area contributed by atoms with Crippen molar-refractivity contribution in [3.8, 4) is 0 Å². The van der Waals surface area contributed by atoms with Gasteiger partial charge in [0, 0.05) is 5.41 Å². The summed E-state index contributed by atoms with van der Waals surface area (Å²) in [5, 5.41) is 9.09. The number of hydrogen-bond acceptors (Lipinski definition) is 3. The molecule has 0 aromatic heterocycles. The van der Waals surface area contributed by atoms with Gasteiger partial charge in [0.05, 0.1) is 19.8 Å². The van der Waals surface area contributed by atoms with E-state index in [-0.39, 0.29) is 18.3 Å². The van der Waals surface area contributed by atoms with Crippen LogP contribution in [0.25, 0.3) is 0 Å². The van der Waals surface area contributed by atoms with Gasteiger partial charge in [-0.1, -0.05) is 26.7 Å². The van der Waals surface area contributed by atoms with Gasteiger partial charge in [0.2, 0.25) is 0 Å². The van der Waals surface area contributed by atoms with E-state index in [0.29, 0.717) is 13.2 Å². The summed E-state index contributed by atoms with van der Waals surface area (Å²) in [6.07, 6.45) is 4.56. The van der Waals surface area contributed by atoms with E-state index in [9.17, 15) is 0 Å². The van der Waals surface area contributed by atoms with E-state index in [1.165, 1.54) is 12.8 Å². The van der Waals surface area contributed by atoms with Gasteiger partial charge in [0.1, 0.15) is 0 Å². The van der Waals surface area contributed by atoms with Crippen LogP contribution in [0.5, 0.6) is 0 Å². The highest BCUT2D eigenvalue weighted by atomic mass is 16.7. The molecule has 1 heterocycles. The average Bonchev–Trinajstić information content (AvgIpc) is 2.22. The lowest BCUT2D eigenvalue weighted by Crippen LogP contribution is -2.42. The topological polar surface area (TPSA) is 38.7 Å². The normalized spacial score (nSPS) is 33.2. The van der Waals surface area contributed by atoms with Gasteiger partial charge in [-0.15, -0.1) is 0 Å². The Labute approximate surface area is 86.4 Å². The van der Waals surface area contributed by atoms with Gasteiger partial charge in [0.25, 0.3) is 0 Å². The van der Waals surface area contributed by atoms with Crippen LogP contribution >= 0.6 is 0 Å². The number of ether oxygens (including phenoxy) is 2. The molecule has 3 heteroatoms. The molecule has 0 unspecified atom stereocenters. The molecule has 0 radical (unpaired) electrons. The van der Waals surface area contributed by atoms with Crippen molar-refractivity contribution in [3.05, 3.63) is 0 Å². The van der Waals surface area contributed by atoms with Crippen LogP contribution in [0.2, 0.25) is 0 Å². The zero-order valence-corrected chi connectivity index (χ0v) is 9.29. The van der Waals surface area contributed by atoms with Crippen molar-refractivity contribution >= 4 is 0 Å². The van der Waals surface area contributed by atoms with E-state index in [2.05, 4.69) is 6.92 Å². The van der Waals surface area contributed by atoms with E-state index in [1.54, 1.807) is 0 Å². The van der Waals surface area contributed by atoms with Crippen molar-refractivity contribution in [2.75, 3.05) is 19.8 Å². The number of rotatable bonds is 5. The minimum atomic E-state index is -0.193. The SMILES string of the molecule is CCCCCC1OCC(C)(CO)CO1. The van der Waals surface area contributed by atoms with Gasteiger partial charge in [-0.2, -0.15) is 0 Å². The van der Waals surface area contributed by atoms with E-state index < -0.39 is 0 Å². The fraction of sp³-hybridized carbons (Fsp3) is 1.00. The summed E-state index contributed by atoms with van der Waals surface area (Å²) in [6.45, 7) is 5.52. The summed E-state index contributed by atoms with van der Waals surface area (Å²) >= 11 is 0. The average molecular weight is 202 g/mol. The summed E-state index contributed by atoms with van der Waals surface area (Å²) in [4.78, 5) is 0. The Bertz CT molecular complexity index is 151. The molecule has 0 amide bonds. The lowest BCUT2D eigenvalue weighted by atomic mass is 9.93. The molecule has 1 saturated heterocycles. The van der Waals surface area contributed by atoms with Crippen molar-refractivity contribution in [2.45, 2.75) is 45.8 Å². The minimum Gasteiger partial charge on any atom is -0.396 e. The van der Waals surface area contributed by atoms with Gasteiger partial charge >= 0.3 is 0 Å². The zero-order valence-electron chi connectivity index (χ0n) is 9.29. The van der Waals surface area contributed by atoms with Crippen LogP contribution in [0.1, 0.15) is 39.5 Å². The summed E-state index contributed by atoms with van der Waals surface area (Å²) in [5.41, 5.74) is -0.193. The van der Waals surface area contributed by atoms with Gasteiger partial charge in [-0.25, -0.2) is 0 Å². The van der Waals surface area contributed by atoms with Crippen LogP contribution in [-0.4, -0.2) is 31.2 Å². The van der Waals surface area contributed by atoms with E-state index in [4.69, 9.17) is 14.6 Å². The number of aliphatic hydroxyl groups excluding tert-OH is 1. The highest BCUT2D eigenvalue weighted by Crippen LogP contribution is 2.25. The molecule has 0 bridgehead atoms. The van der Waals surface area contributed by atoms with E-state index >= 15 is 0 Å². The predicted molar refractivity (Wildman–Crippen MR) is 55.0 cm³/mol. The second kappa shape index (κ2) is 5.69. The van der Waals surface area contributed by atoms with Gasteiger partial charge in [0.15, 0.2) is 6.29 Å². The molecule has 14 heavy (non-hydrogen) atoms. The minimum absolute atomic E-state index is 0.0406. The van der Waals surface area contributed by atoms with Crippen LogP contribution in [0, 0.1) is 5.41 Å². The van der Waals surface area contributed by atoms with Gasteiger partial charge < -0.3 is 14.6 Å². The third kappa shape index (κ3) is 3.56. The first-order valence-electron chi connectivity index (χ1n) is 5.54. The molecular formula is C11H22O3. The fourth-order valence-corrected chi connectivity index (χ4v) is 1.50. The summed E-state index contributed by atoms with van der Waals surface area (Å²) in [6, 6.07) is 0. The maximum atomic E-state index is 9.09. The highest BCUT2D eigenvalue weighted by Gasteiger charge is 2.31. The molecule has 3 nitrogen and oxygen atoms in total. The van der Waals surface area contributed by atoms with Crippen molar-refractivity contribution in [1.29, 1.82) is 0 Å². The molecular weight excluding hydrogens is 180 g/mol. The Kier molecular flexibility index (Phi) is 4.85. The van der Waals surface area contributed by atoms with Crippen molar-refractivity contribution < 1.29 is 14.6 Å². The fourth-order valence-electron chi connectivity index (χ4n) is 1.50. The second-order valence-corrected chi connectivity index (χ2v) is 4.52. The quantitative estimate of drug-likeness (QED) is 0.692. The van der Waals surface area contributed by atoms with E-state index in [0.717, 1.165) is 12.8 Å². The zero-order chi connectivity index (χ0) is 10.4. The molecule has 0 aromatic carbocycles. The molecule has 0 atom stereocenters. The first-order chi connectivity index (χ1) is 6.70. The molecule has 84 valence electrons. The summed E-state index contributed by atoms with van der Waals surface area (Å²) < 4.78 is 11.1. The van der Waals surface area contributed by atoms with Gasteiger partial charge in [-0.05, 0) is 12.8 Å². The third-order valence-corrected chi connectivity index (χ3v) is 2.66. The third-order valence-electron chi connectivity index (χ3n) is 2.66. The molecule has 0 aromatic rings. The molecule has 0 saturated carbocycles. The number of hydrogen-bond donors (Lipinski definition) is 1.